The second-order valence-corrected chi connectivity index (χ2v) is 4.56. The highest BCUT2D eigenvalue weighted by Crippen LogP contribution is 2.37. The molecule has 0 aromatic rings. The van der Waals surface area contributed by atoms with E-state index in [4.69, 9.17) is 14.0 Å². The van der Waals surface area contributed by atoms with Crippen molar-refractivity contribution in [2.75, 3.05) is 0 Å². The number of allylic oxidation sites excluding steroid dienone is 2. The summed E-state index contributed by atoms with van der Waals surface area (Å²) in [6, 6.07) is 0. The van der Waals surface area contributed by atoms with E-state index in [1.54, 1.807) is 0 Å². The summed E-state index contributed by atoms with van der Waals surface area (Å²) in [5, 5.41) is 0. The smallest absolute Gasteiger partial charge is 0.516 e. The zero-order chi connectivity index (χ0) is 11.0. The summed E-state index contributed by atoms with van der Waals surface area (Å²) in [4.78, 5) is 0. The van der Waals surface area contributed by atoms with Crippen LogP contribution in [0.1, 0.15) is 41.5 Å². The van der Waals surface area contributed by atoms with E-state index in [2.05, 4.69) is 0 Å². The normalized spacial score (nSPS) is 25.3. The Morgan fingerprint density at radius 3 is 1.93 bits per heavy atom. The van der Waals surface area contributed by atoms with Gasteiger partial charge in [-0.25, -0.2) is 0 Å². The van der Waals surface area contributed by atoms with Gasteiger partial charge in [0.2, 0.25) is 0 Å². The van der Waals surface area contributed by atoms with Crippen LogP contribution in [0.15, 0.2) is 11.8 Å². The number of hydrogen-bond acceptors (Lipinski definition) is 3. The molecule has 0 aromatic carbocycles. The first-order valence-electron chi connectivity index (χ1n) is 4.94. The largest absolute Gasteiger partial charge is 0.713 e. The van der Waals surface area contributed by atoms with Gasteiger partial charge in [-0.05, 0) is 41.5 Å². The maximum atomic E-state index is 5.65. The Hall–Kier alpha value is -0.475. The lowest BCUT2D eigenvalue weighted by molar-refractivity contribution is 0.00578. The standard InChI is InChI=1S/C10H19BO3/c1-7-8(2)12-11-13-9(3,4)10(5,6)14-11/h7H,1-6H3/b8-7-. The van der Waals surface area contributed by atoms with Crippen molar-refractivity contribution in [3.63, 3.8) is 0 Å². The molecule has 1 rings (SSSR count). The van der Waals surface area contributed by atoms with Crippen LogP contribution in [-0.2, 0) is 14.0 Å². The minimum atomic E-state index is -0.587. The molecule has 1 fully saturated rings. The van der Waals surface area contributed by atoms with Crippen LogP contribution in [0.2, 0.25) is 0 Å². The Morgan fingerprint density at radius 2 is 1.57 bits per heavy atom. The lowest BCUT2D eigenvalue weighted by Crippen LogP contribution is -2.41. The first-order chi connectivity index (χ1) is 6.28. The van der Waals surface area contributed by atoms with Crippen LogP contribution in [0, 0.1) is 0 Å². The molecular weight excluding hydrogens is 179 g/mol. The lowest BCUT2D eigenvalue weighted by atomic mass is 9.90. The van der Waals surface area contributed by atoms with Gasteiger partial charge in [0, 0.05) is 0 Å². The molecule has 0 bridgehead atoms. The van der Waals surface area contributed by atoms with Gasteiger partial charge in [0.1, 0.15) is 0 Å². The molecule has 1 heterocycles. The third-order valence-corrected chi connectivity index (χ3v) is 2.92. The van der Waals surface area contributed by atoms with Gasteiger partial charge in [0.05, 0.1) is 17.0 Å². The monoisotopic (exact) mass is 198 g/mol. The summed E-state index contributed by atoms with van der Waals surface area (Å²) in [5.74, 6) is 0.809. The van der Waals surface area contributed by atoms with E-state index in [0.29, 0.717) is 0 Å². The van der Waals surface area contributed by atoms with Crippen molar-refractivity contribution in [1.29, 1.82) is 0 Å². The highest BCUT2D eigenvalue weighted by Gasteiger charge is 2.54. The summed E-state index contributed by atoms with van der Waals surface area (Å²) in [6.07, 6.45) is 1.88. The molecular formula is C10H19BO3. The topological polar surface area (TPSA) is 27.7 Å². The van der Waals surface area contributed by atoms with Gasteiger partial charge in [-0.2, -0.15) is 0 Å². The second kappa shape index (κ2) is 3.59. The predicted octanol–water partition coefficient (Wildman–Crippen LogP) is 2.52. The van der Waals surface area contributed by atoms with E-state index in [9.17, 15) is 0 Å². The minimum absolute atomic E-state index is 0.328. The number of rotatable bonds is 2. The summed E-state index contributed by atoms with van der Waals surface area (Å²) in [5.41, 5.74) is -0.655. The Kier molecular flexibility index (Phi) is 2.97. The molecule has 0 radical (unpaired) electrons. The van der Waals surface area contributed by atoms with Crippen LogP contribution < -0.4 is 0 Å². The molecule has 1 aliphatic heterocycles. The zero-order valence-corrected chi connectivity index (χ0v) is 9.88. The number of hydrogen-bond donors (Lipinski definition) is 0. The van der Waals surface area contributed by atoms with Crippen LogP contribution in [0.5, 0.6) is 0 Å². The fourth-order valence-electron chi connectivity index (χ4n) is 1.06. The van der Waals surface area contributed by atoms with E-state index >= 15 is 0 Å². The van der Waals surface area contributed by atoms with Gasteiger partial charge in [-0.15, -0.1) is 0 Å². The van der Waals surface area contributed by atoms with Gasteiger partial charge in [-0.3, -0.25) is 0 Å². The van der Waals surface area contributed by atoms with Gasteiger partial charge >= 0.3 is 7.32 Å². The van der Waals surface area contributed by atoms with Crippen molar-refractivity contribution in [2.45, 2.75) is 52.7 Å². The molecule has 0 aromatic heterocycles. The van der Waals surface area contributed by atoms with Gasteiger partial charge < -0.3 is 14.0 Å². The van der Waals surface area contributed by atoms with Crippen molar-refractivity contribution in [3.05, 3.63) is 11.8 Å². The van der Waals surface area contributed by atoms with Crippen molar-refractivity contribution in [1.82, 2.24) is 0 Å². The van der Waals surface area contributed by atoms with E-state index in [1.807, 2.05) is 47.6 Å². The van der Waals surface area contributed by atoms with Crippen molar-refractivity contribution < 1.29 is 14.0 Å². The molecule has 4 heteroatoms. The summed E-state index contributed by atoms with van der Waals surface area (Å²) in [7, 11) is -0.587. The quantitative estimate of drug-likeness (QED) is 0.504. The molecule has 1 saturated heterocycles. The molecule has 14 heavy (non-hydrogen) atoms. The lowest BCUT2D eigenvalue weighted by Gasteiger charge is -2.31. The van der Waals surface area contributed by atoms with E-state index in [-0.39, 0.29) is 11.2 Å². The fourth-order valence-corrected chi connectivity index (χ4v) is 1.06. The van der Waals surface area contributed by atoms with Gasteiger partial charge in [0.15, 0.2) is 0 Å². The second-order valence-electron chi connectivity index (χ2n) is 4.56. The van der Waals surface area contributed by atoms with Gasteiger partial charge in [-0.1, -0.05) is 6.08 Å². The maximum Gasteiger partial charge on any atom is 0.713 e. The first kappa shape index (κ1) is 11.6. The molecule has 0 aliphatic carbocycles. The predicted molar refractivity (Wildman–Crippen MR) is 56.6 cm³/mol. The highest BCUT2D eigenvalue weighted by atomic mass is 16.8. The minimum Gasteiger partial charge on any atom is -0.516 e. The molecule has 1 aliphatic rings. The van der Waals surface area contributed by atoms with E-state index in [0.717, 1.165) is 5.76 Å². The van der Waals surface area contributed by atoms with Crippen LogP contribution in [-0.4, -0.2) is 18.5 Å². The molecule has 0 atom stereocenters. The Balaban J connectivity index is 2.64. The maximum absolute atomic E-state index is 5.65. The molecule has 0 spiro atoms. The Morgan fingerprint density at radius 1 is 1.14 bits per heavy atom. The third kappa shape index (κ3) is 2.12. The van der Waals surface area contributed by atoms with Crippen LogP contribution in [0.25, 0.3) is 0 Å². The molecule has 0 saturated carbocycles. The third-order valence-electron chi connectivity index (χ3n) is 2.92. The van der Waals surface area contributed by atoms with Crippen LogP contribution >= 0.6 is 0 Å². The molecule has 0 amide bonds. The van der Waals surface area contributed by atoms with Crippen molar-refractivity contribution >= 4 is 7.32 Å². The molecule has 0 N–H and O–H groups in total. The van der Waals surface area contributed by atoms with Crippen LogP contribution in [0.4, 0.5) is 0 Å². The molecule has 0 unspecified atom stereocenters. The van der Waals surface area contributed by atoms with Crippen molar-refractivity contribution in [2.24, 2.45) is 0 Å². The zero-order valence-electron chi connectivity index (χ0n) is 9.88. The SMILES string of the molecule is C/C=C(/C)OB1OC(C)(C)C(C)(C)O1. The summed E-state index contributed by atoms with van der Waals surface area (Å²) >= 11 is 0. The van der Waals surface area contributed by atoms with E-state index in [1.165, 1.54) is 0 Å². The fraction of sp³-hybridized carbons (Fsp3) is 0.800. The summed E-state index contributed by atoms with van der Waals surface area (Å²) < 4.78 is 16.8. The van der Waals surface area contributed by atoms with E-state index < -0.39 is 7.32 Å². The molecule has 3 nitrogen and oxygen atoms in total. The Bertz CT molecular complexity index is 230. The highest BCUT2D eigenvalue weighted by molar-refractivity contribution is 6.38. The Labute approximate surface area is 86.6 Å². The van der Waals surface area contributed by atoms with Gasteiger partial charge in [0.25, 0.3) is 0 Å². The first-order valence-corrected chi connectivity index (χ1v) is 4.94. The average molecular weight is 198 g/mol. The summed E-state index contributed by atoms with van der Waals surface area (Å²) in [6.45, 7) is 11.8. The average Bonchev–Trinajstić information content (AvgIpc) is 2.20. The van der Waals surface area contributed by atoms with Crippen LogP contribution in [0.3, 0.4) is 0 Å². The molecule has 80 valence electrons. The van der Waals surface area contributed by atoms with Crippen molar-refractivity contribution in [3.8, 4) is 0 Å².